The molecule has 0 saturated heterocycles. The molecule has 0 atom stereocenters. The van der Waals surface area contributed by atoms with Crippen LogP contribution in [0.3, 0.4) is 0 Å². The highest BCUT2D eigenvalue weighted by atomic mass is 16.5. The molecule has 19 heavy (non-hydrogen) atoms. The van der Waals surface area contributed by atoms with E-state index in [1.807, 2.05) is 19.9 Å². The maximum absolute atomic E-state index is 7.78. The molecule has 1 aromatic heterocycles. The molecule has 0 bridgehead atoms. The van der Waals surface area contributed by atoms with Gasteiger partial charge in [-0.1, -0.05) is 0 Å². The summed E-state index contributed by atoms with van der Waals surface area (Å²) in [6.45, 7) is 9.47. The van der Waals surface area contributed by atoms with Crippen molar-refractivity contribution in [2.75, 3.05) is 25.2 Å². The average molecular weight is 264 g/mol. The van der Waals surface area contributed by atoms with Crippen LogP contribution in [0.4, 0.5) is 5.69 Å². The van der Waals surface area contributed by atoms with Crippen LogP contribution in [0.25, 0.3) is 0 Å². The van der Waals surface area contributed by atoms with E-state index in [0.717, 1.165) is 29.2 Å². The maximum Gasteiger partial charge on any atom is 0.126 e. The molecule has 0 spiro atoms. The number of hydrogen-bond donors (Lipinski definition) is 2. The second-order valence-electron chi connectivity index (χ2n) is 4.94. The van der Waals surface area contributed by atoms with Crippen LogP contribution in [-0.2, 0) is 4.74 Å². The number of pyridine rings is 1. The number of hydrogen-bond acceptors (Lipinski definition) is 4. The van der Waals surface area contributed by atoms with Crippen molar-refractivity contribution < 1.29 is 4.74 Å². The number of nitrogens with zero attached hydrogens (tertiary/aromatic N) is 2. The summed E-state index contributed by atoms with van der Waals surface area (Å²) >= 11 is 0. The molecule has 1 aromatic rings. The minimum atomic E-state index is 0.0584. The van der Waals surface area contributed by atoms with E-state index in [1.165, 1.54) is 0 Å². The third kappa shape index (κ3) is 3.67. The van der Waals surface area contributed by atoms with Gasteiger partial charge in [-0.05, 0) is 33.8 Å². The Bertz CT molecular complexity index is 457. The third-order valence-corrected chi connectivity index (χ3v) is 3.05. The highest BCUT2D eigenvalue weighted by Gasteiger charge is 2.19. The van der Waals surface area contributed by atoms with Gasteiger partial charge in [0.25, 0.3) is 0 Å². The monoisotopic (exact) mass is 264 g/mol. The van der Waals surface area contributed by atoms with Crippen LogP contribution >= 0.6 is 0 Å². The quantitative estimate of drug-likeness (QED) is 0.607. The summed E-state index contributed by atoms with van der Waals surface area (Å²) in [4.78, 5) is 6.60. The molecule has 0 aliphatic rings. The molecule has 3 N–H and O–H groups in total. The second-order valence-corrected chi connectivity index (χ2v) is 4.94. The number of nitrogen functional groups attached to an aromatic ring is 1. The zero-order valence-electron chi connectivity index (χ0n) is 12.4. The van der Waals surface area contributed by atoms with Crippen molar-refractivity contribution in [3.63, 3.8) is 0 Å². The van der Waals surface area contributed by atoms with Crippen molar-refractivity contribution in [1.29, 1.82) is 5.41 Å². The van der Waals surface area contributed by atoms with E-state index < -0.39 is 0 Å². The van der Waals surface area contributed by atoms with Gasteiger partial charge in [0.05, 0.1) is 23.6 Å². The lowest BCUT2D eigenvalue weighted by Crippen LogP contribution is -2.36. The molecule has 0 amide bonds. The Labute approximate surface area is 115 Å². The summed E-state index contributed by atoms with van der Waals surface area (Å²) in [5.74, 6) is 0.0584. The zero-order chi connectivity index (χ0) is 14.6. The summed E-state index contributed by atoms with van der Waals surface area (Å²) in [6, 6.07) is 2.29. The van der Waals surface area contributed by atoms with Crippen LogP contribution in [0.15, 0.2) is 6.07 Å². The molecule has 0 aromatic carbocycles. The molecule has 5 heteroatoms. The fourth-order valence-electron chi connectivity index (χ4n) is 2.21. The van der Waals surface area contributed by atoms with Crippen LogP contribution < -0.4 is 10.6 Å². The van der Waals surface area contributed by atoms with Crippen LogP contribution in [0.2, 0.25) is 0 Å². The number of methoxy groups -OCH3 is 1. The molecule has 0 saturated carbocycles. The molecule has 1 rings (SSSR count). The van der Waals surface area contributed by atoms with E-state index in [0.29, 0.717) is 12.6 Å². The summed E-state index contributed by atoms with van der Waals surface area (Å²) in [5.41, 5.74) is 9.13. The van der Waals surface area contributed by atoms with Gasteiger partial charge in [0.2, 0.25) is 0 Å². The van der Waals surface area contributed by atoms with E-state index in [1.54, 1.807) is 7.11 Å². The molecular weight excluding hydrogens is 240 g/mol. The van der Waals surface area contributed by atoms with Gasteiger partial charge in [0, 0.05) is 25.4 Å². The Kier molecular flexibility index (Phi) is 5.30. The molecule has 0 aliphatic heterocycles. The van der Waals surface area contributed by atoms with Crippen molar-refractivity contribution in [1.82, 2.24) is 4.98 Å². The first-order valence-corrected chi connectivity index (χ1v) is 6.46. The third-order valence-electron chi connectivity index (χ3n) is 3.05. The smallest absolute Gasteiger partial charge is 0.126 e. The number of rotatable bonds is 6. The Morgan fingerprint density at radius 2 is 2.11 bits per heavy atom. The zero-order valence-corrected chi connectivity index (χ0v) is 12.4. The highest BCUT2D eigenvalue weighted by Crippen LogP contribution is 2.25. The van der Waals surface area contributed by atoms with Crippen molar-refractivity contribution in [2.24, 2.45) is 5.73 Å². The van der Waals surface area contributed by atoms with Crippen LogP contribution in [0.1, 0.15) is 30.8 Å². The van der Waals surface area contributed by atoms with Gasteiger partial charge >= 0.3 is 0 Å². The number of nitrogens with one attached hydrogen (secondary N) is 1. The maximum atomic E-state index is 7.78. The molecule has 0 fully saturated rings. The molecule has 5 nitrogen and oxygen atoms in total. The Morgan fingerprint density at radius 1 is 1.47 bits per heavy atom. The van der Waals surface area contributed by atoms with Crippen LogP contribution in [0, 0.1) is 19.3 Å². The standard InChI is InChI=1S/C14H24N4O/c1-9(2)18(6-7-19-5)12-8-10(3)17-11(4)13(12)14(15)16/h8-9H,6-7H2,1-5H3,(H3,15,16). The van der Waals surface area contributed by atoms with Gasteiger partial charge in [0.15, 0.2) is 0 Å². The molecule has 0 aliphatic carbocycles. The van der Waals surface area contributed by atoms with E-state index in [2.05, 4.69) is 23.7 Å². The number of aryl methyl sites for hydroxylation is 2. The average Bonchev–Trinajstić information content (AvgIpc) is 2.27. The fourth-order valence-corrected chi connectivity index (χ4v) is 2.21. The van der Waals surface area contributed by atoms with Crippen LogP contribution in [0.5, 0.6) is 0 Å². The molecular formula is C14H24N4O. The van der Waals surface area contributed by atoms with Gasteiger partial charge in [-0.15, -0.1) is 0 Å². The van der Waals surface area contributed by atoms with E-state index in [-0.39, 0.29) is 5.84 Å². The summed E-state index contributed by atoms with van der Waals surface area (Å²) in [7, 11) is 1.69. The van der Waals surface area contributed by atoms with E-state index >= 15 is 0 Å². The largest absolute Gasteiger partial charge is 0.384 e. The molecule has 0 unspecified atom stereocenters. The number of nitrogens with two attached hydrogens (primary N) is 1. The summed E-state index contributed by atoms with van der Waals surface area (Å²) in [5, 5.41) is 7.78. The van der Waals surface area contributed by atoms with Gasteiger partial charge in [-0.25, -0.2) is 0 Å². The van der Waals surface area contributed by atoms with Crippen molar-refractivity contribution in [3.8, 4) is 0 Å². The molecule has 0 radical (unpaired) electrons. The lowest BCUT2D eigenvalue weighted by Gasteiger charge is -2.31. The summed E-state index contributed by atoms with van der Waals surface area (Å²) in [6.07, 6.45) is 0. The lowest BCUT2D eigenvalue weighted by molar-refractivity contribution is 0.204. The Hall–Kier alpha value is -1.62. The first-order valence-electron chi connectivity index (χ1n) is 6.46. The van der Waals surface area contributed by atoms with Gasteiger partial charge in [-0.2, -0.15) is 0 Å². The van der Waals surface area contributed by atoms with E-state index in [9.17, 15) is 0 Å². The predicted octanol–water partition coefficient (Wildman–Crippen LogP) is 1.84. The number of aromatic nitrogens is 1. The number of ether oxygens (including phenoxy) is 1. The minimum absolute atomic E-state index is 0.0584. The molecule has 1 heterocycles. The number of anilines is 1. The second kappa shape index (κ2) is 6.52. The molecule has 106 valence electrons. The highest BCUT2D eigenvalue weighted by molar-refractivity contribution is 6.01. The van der Waals surface area contributed by atoms with Crippen molar-refractivity contribution in [3.05, 3.63) is 23.0 Å². The SMILES string of the molecule is COCCN(c1cc(C)nc(C)c1C(=N)N)C(C)C. The Morgan fingerprint density at radius 3 is 2.58 bits per heavy atom. The van der Waals surface area contributed by atoms with Gasteiger partial charge < -0.3 is 15.4 Å². The predicted molar refractivity (Wildman–Crippen MR) is 79.1 cm³/mol. The van der Waals surface area contributed by atoms with E-state index in [4.69, 9.17) is 15.9 Å². The minimum Gasteiger partial charge on any atom is -0.384 e. The Balaban J connectivity index is 3.31. The van der Waals surface area contributed by atoms with Gasteiger partial charge in [0.1, 0.15) is 5.84 Å². The summed E-state index contributed by atoms with van der Waals surface area (Å²) < 4.78 is 5.16. The number of amidine groups is 1. The topological polar surface area (TPSA) is 75.2 Å². The lowest BCUT2D eigenvalue weighted by atomic mass is 10.1. The first kappa shape index (κ1) is 15.4. The van der Waals surface area contributed by atoms with Crippen LogP contribution in [-0.4, -0.2) is 37.1 Å². The van der Waals surface area contributed by atoms with Crippen molar-refractivity contribution >= 4 is 11.5 Å². The van der Waals surface area contributed by atoms with Gasteiger partial charge in [-0.3, -0.25) is 10.4 Å². The first-order chi connectivity index (χ1) is 8.88. The normalized spacial score (nSPS) is 10.8. The fraction of sp³-hybridized carbons (Fsp3) is 0.571. The van der Waals surface area contributed by atoms with Crippen molar-refractivity contribution in [2.45, 2.75) is 33.7 Å².